The molecular formula is C14H20ClN3. The molecule has 3 nitrogen and oxygen atoms in total. The number of hydrogen-bond acceptors (Lipinski definition) is 3. The van der Waals surface area contributed by atoms with Crippen LogP contribution in [0.5, 0.6) is 0 Å². The second-order valence-corrected chi connectivity index (χ2v) is 5.81. The average Bonchev–Trinajstić information content (AvgIpc) is 3.00. The van der Waals surface area contributed by atoms with E-state index in [1.165, 1.54) is 25.8 Å². The van der Waals surface area contributed by atoms with Crippen LogP contribution in [0.15, 0.2) is 12.3 Å². The molecule has 2 aliphatic rings. The van der Waals surface area contributed by atoms with Crippen molar-refractivity contribution in [2.45, 2.75) is 38.8 Å². The van der Waals surface area contributed by atoms with Crippen molar-refractivity contribution >= 4 is 17.4 Å². The highest BCUT2D eigenvalue weighted by Gasteiger charge is 2.38. The van der Waals surface area contributed by atoms with E-state index in [-0.39, 0.29) is 0 Å². The van der Waals surface area contributed by atoms with Crippen molar-refractivity contribution in [3.8, 4) is 0 Å². The van der Waals surface area contributed by atoms with Gasteiger partial charge in [0.1, 0.15) is 5.82 Å². The molecule has 0 aromatic carbocycles. The van der Waals surface area contributed by atoms with Crippen molar-refractivity contribution in [2.24, 2.45) is 5.92 Å². The van der Waals surface area contributed by atoms with Crippen LogP contribution in [-0.2, 0) is 6.54 Å². The lowest BCUT2D eigenvalue weighted by Crippen LogP contribution is -2.32. The van der Waals surface area contributed by atoms with Gasteiger partial charge < -0.3 is 10.2 Å². The normalized spacial score (nSPS) is 26.0. The van der Waals surface area contributed by atoms with Crippen LogP contribution in [0.3, 0.4) is 0 Å². The summed E-state index contributed by atoms with van der Waals surface area (Å²) in [5.74, 6) is 2.00. The predicted octanol–water partition coefficient (Wildman–Crippen LogP) is 2.83. The lowest BCUT2D eigenvalue weighted by atomic mass is 10.1. The Bertz CT molecular complexity index is 435. The van der Waals surface area contributed by atoms with Gasteiger partial charge in [0.2, 0.25) is 0 Å². The predicted molar refractivity (Wildman–Crippen MR) is 75.1 cm³/mol. The van der Waals surface area contributed by atoms with Crippen molar-refractivity contribution in [1.29, 1.82) is 0 Å². The first-order chi connectivity index (χ1) is 8.78. The van der Waals surface area contributed by atoms with Crippen molar-refractivity contribution in [2.75, 3.05) is 18.0 Å². The maximum atomic E-state index is 6.20. The smallest absolute Gasteiger partial charge is 0.129 e. The molecule has 3 rings (SSSR count). The van der Waals surface area contributed by atoms with Gasteiger partial charge >= 0.3 is 0 Å². The third kappa shape index (κ3) is 2.21. The minimum atomic E-state index is 0.718. The first-order valence-electron chi connectivity index (χ1n) is 6.89. The highest BCUT2D eigenvalue weighted by molar-refractivity contribution is 6.31. The van der Waals surface area contributed by atoms with Crippen LogP contribution in [0.25, 0.3) is 0 Å². The van der Waals surface area contributed by atoms with Crippen molar-refractivity contribution in [3.05, 3.63) is 22.8 Å². The molecular weight excluding hydrogens is 246 g/mol. The fourth-order valence-electron chi connectivity index (χ4n) is 3.23. The minimum Gasteiger partial charge on any atom is -0.353 e. The maximum absolute atomic E-state index is 6.20. The summed E-state index contributed by atoms with van der Waals surface area (Å²) in [6, 6.07) is 2.88. The SMILES string of the molecule is CCNCc1cc(N2CC3CCC2C3)ncc1Cl. The molecule has 0 spiro atoms. The molecule has 2 unspecified atom stereocenters. The Hall–Kier alpha value is -0.800. The van der Waals surface area contributed by atoms with E-state index in [2.05, 4.69) is 28.2 Å². The van der Waals surface area contributed by atoms with E-state index >= 15 is 0 Å². The highest BCUT2D eigenvalue weighted by Crippen LogP contribution is 2.39. The molecule has 0 amide bonds. The van der Waals surface area contributed by atoms with E-state index in [1.807, 2.05) is 0 Å². The molecule has 2 heterocycles. The van der Waals surface area contributed by atoms with Crippen LogP contribution in [-0.4, -0.2) is 24.1 Å². The minimum absolute atomic E-state index is 0.718. The number of pyridine rings is 1. The van der Waals surface area contributed by atoms with Crippen molar-refractivity contribution < 1.29 is 0 Å². The molecule has 2 atom stereocenters. The van der Waals surface area contributed by atoms with Crippen LogP contribution in [0, 0.1) is 5.92 Å². The zero-order valence-corrected chi connectivity index (χ0v) is 11.6. The summed E-state index contributed by atoms with van der Waals surface area (Å²) in [5, 5.41) is 4.09. The van der Waals surface area contributed by atoms with E-state index in [0.717, 1.165) is 41.5 Å². The molecule has 1 aromatic heterocycles. The van der Waals surface area contributed by atoms with Crippen LogP contribution >= 0.6 is 11.6 Å². The van der Waals surface area contributed by atoms with Gasteiger partial charge in [-0.1, -0.05) is 18.5 Å². The molecule has 1 saturated heterocycles. The first kappa shape index (κ1) is 12.2. The number of aromatic nitrogens is 1. The van der Waals surface area contributed by atoms with Crippen LogP contribution < -0.4 is 10.2 Å². The summed E-state index contributed by atoms with van der Waals surface area (Å²) in [5.41, 5.74) is 1.16. The van der Waals surface area contributed by atoms with Gasteiger partial charge in [-0.05, 0) is 43.4 Å². The van der Waals surface area contributed by atoms with Crippen molar-refractivity contribution in [3.63, 3.8) is 0 Å². The second-order valence-electron chi connectivity index (χ2n) is 5.40. The summed E-state index contributed by atoms with van der Waals surface area (Å²) in [6.07, 6.45) is 5.89. The number of fused-ring (bicyclic) bond motifs is 2. The molecule has 98 valence electrons. The monoisotopic (exact) mass is 265 g/mol. The fraction of sp³-hybridized carbons (Fsp3) is 0.643. The summed E-state index contributed by atoms with van der Waals surface area (Å²) in [7, 11) is 0. The highest BCUT2D eigenvalue weighted by atomic mass is 35.5. The molecule has 2 fully saturated rings. The van der Waals surface area contributed by atoms with Gasteiger partial charge in [0.25, 0.3) is 0 Å². The summed E-state index contributed by atoms with van der Waals surface area (Å²) >= 11 is 6.20. The number of hydrogen-bond donors (Lipinski definition) is 1. The van der Waals surface area contributed by atoms with Crippen LogP contribution in [0.2, 0.25) is 5.02 Å². The number of halogens is 1. The zero-order chi connectivity index (χ0) is 12.5. The van der Waals surface area contributed by atoms with E-state index in [9.17, 15) is 0 Å². The van der Waals surface area contributed by atoms with Crippen molar-refractivity contribution in [1.82, 2.24) is 10.3 Å². The number of piperidine rings is 1. The summed E-state index contributed by atoms with van der Waals surface area (Å²) in [6.45, 7) is 5.07. The van der Waals surface area contributed by atoms with Crippen LogP contribution in [0.1, 0.15) is 31.7 Å². The number of anilines is 1. The lowest BCUT2D eigenvalue weighted by molar-refractivity contribution is 0.550. The summed E-state index contributed by atoms with van der Waals surface area (Å²) < 4.78 is 0. The molecule has 1 aromatic rings. The Morgan fingerprint density at radius 3 is 3.06 bits per heavy atom. The van der Waals surface area contributed by atoms with E-state index in [4.69, 9.17) is 11.6 Å². The Balaban J connectivity index is 1.80. The van der Waals surface area contributed by atoms with Gasteiger partial charge in [0.15, 0.2) is 0 Å². The molecule has 4 heteroatoms. The van der Waals surface area contributed by atoms with E-state index in [0.29, 0.717) is 0 Å². The third-order valence-corrected chi connectivity index (χ3v) is 4.53. The molecule has 1 aliphatic carbocycles. The topological polar surface area (TPSA) is 28.2 Å². The van der Waals surface area contributed by atoms with Gasteiger partial charge in [-0.3, -0.25) is 0 Å². The van der Waals surface area contributed by atoms with Gasteiger partial charge in [0, 0.05) is 25.3 Å². The Kier molecular flexibility index (Phi) is 3.44. The zero-order valence-electron chi connectivity index (χ0n) is 10.8. The summed E-state index contributed by atoms with van der Waals surface area (Å²) in [4.78, 5) is 6.99. The number of nitrogens with zero attached hydrogens (tertiary/aromatic N) is 2. The van der Waals surface area contributed by atoms with E-state index < -0.39 is 0 Å². The maximum Gasteiger partial charge on any atom is 0.129 e. The van der Waals surface area contributed by atoms with Gasteiger partial charge in [-0.15, -0.1) is 0 Å². The molecule has 1 saturated carbocycles. The molecule has 18 heavy (non-hydrogen) atoms. The second kappa shape index (κ2) is 5.06. The third-order valence-electron chi connectivity index (χ3n) is 4.19. The quantitative estimate of drug-likeness (QED) is 0.907. The molecule has 2 bridgehead atoms. The Morgan fingerprint density at radius 2 is 2.39 bits per heavy atom. The van der Waals surface area contributed by atoms with Gasteiger partial charge in [0.05, 0.1) is 5.02 Å². The Labute approximate surface area is 114 Å². The number of rotatable bonds is 4. The van der Waals surface area contributed by atoms with Gasteiger partial charge in [-0.25, -0.2) is 4.98 Å². The standard InChI is InChI=1S/C14H20ClN3/c1-2-16-7-11-6-14(17-8-13(11)15)18-9-10-3-4-12(18)5-10/h6,8,10,12,16H,2-5,7,9H2,1H3. The van der Waals surface area contributed by atoms with E-state index in [1.54, 1.807) is 6.20 Å². The fourth-order valence-corrected chi connectivity index (χ4v) is 3.40. The average molecular weight is 266 g/mol. The Morgan fingerprint density at radius 1 is 1.50 bits per heavy atom. The van der Waals surface area contributed by atoms with Gasteiger partial charge in [-0.2, -0.15) is 0 Å². The number of nitrogens with one attached hydrogen (secondary N) is 1. The molecule has 1 N–H and O–H groups in total. The largest absolute Gasteiger partial charge is 0.353 e. The molecule has 1 aliphatic heterocycles. The first-order valence-corrected chi connectivity index (χ1v) is 7.27. The van der Waals surface area contributed by atoms with Crippen LogP contribution in [0.4, 0.5) is 5.82 Å². The lowest BCUT2D eigenvalue weighted by Gasteiger charge is -2.28. The molecule has 0 radical (unpaired) electrons.